The van der Waals surface area contributed by atoms with Gasteiger partial charge in [-0.25, -0.2) is 0 Å². The van der Waals surface area contributed by atoms with Crippen molar-refractivity contribution in [2.75, 3.05) is 33.0 Å². The predicted octanol–water partition coefficient (Wildman–Crippen LogP) is 3.45. The molecule has 0 radical (unpaired) electrons. The van der Waals surface area contributed by atoms with Gasteiger partial charge in [0.1, 0.15) is 0 Å². The molecule has 0 bridgehead atoms. The molecule has 1 saturated heterocycles. The highest BCUT2D eigenvalue weighted by molar-refractivity contribution is 6.30. The first kappa shape index (κ1) is 15.8. The Bertz CT molecular complexity index is 714. The van der Waals surface area contributed by atoms with E-state index in [1.54, 1.807) is 0 Å². The molecule has 4 rings (SSSR count). The van der Waals surface area contributed by atoms with E-state index in [4.69, 9.17) is 21.1 Å². The van der Waals surface area contributed by atoms with Gasteiger partial charge in [0.05, 0.1) is 6.04 Å². The van der Waals surface area contributed by atoms with Crippen molar-refractivity contribution in [3.8, 4) is 11.5 Å². The minimum atomic E-state index is 0.165. The zero-order valence-corrected chi connectivity index (χ0v) is 14.3. The lowest BCUT2D eigenvalue weighted by molar-refractivity contribution is 0.173. The normalized spacial score (nSPS) is 19.0. The highest BCUT2D eigenvalue weighted by Gasteiger charge is 2.25. The number of benzene rings is 2. The van der Waals surface area contributed by atoms with Crippen LogP contribution >= 0.6 is 11.6 Å². The van der Waals surface area contributed by atoms with E-state index in [9.17, 15) is 0 Å². The fourth-order valence-electron chi connectivity index (χ4n) is 3.50. The summed E-state index contributed by atoms with van der Waals surface area (Å²) in [6.07, 6.45) is 1.14. The second-order valence-electron chi connectivity index (χ2n) is 6.21. The van der Waals surface area contributed by atoms with Crippen LogP contribution in [-0.2, 0) is 0 Å². The summed E-state index contributed by atoms with van der Waals surface area (Å²) in [5.41, 5.74) is 2.42. The van der Waals surface area contributed by atoms with Crippen molar-refractivity contribution in [2.24, 2.45) is 0 Å². The molecule has 0 aliphatic carbocycles. The molecule has 1 atom stereocenters. The molecule has 1 unspecified atom stereocenters. The van der Waals surface area contributed by atoms with Crippen LogP contribution in [0.5, 0.6) is 11.5 Å². The number of hydrogen-bond donors (Lipinski definition) is 1. The van der Waals surface area contributed by atoms with Crippen LogP contribution in [-0.4, -0.2) is 37.9 Å². The highest BCUT2D eigenvalue weighted by Crippen LogP contribution is 2.38. The number of nitrogens with zero attached hydrogens (tertiary/aromatic N) is 1. The van der Waals surface area contributed by atoms with Crippen molar-refractivity contribution in [1.82, 2.24) is 10.2 Å². The fourth-order valence-corrected chi connectivity index (χ4v) is 3.70. The summed E-state index contributed by atoms with van der Waals surface area (Å²) in [5, 5.41) is 4.25. The molecule has 2 heterocycles. The van der Waals surface area contributed by atoms with Crippen LogP contribution < -0.4 is 14.8 Å². The summed E-state index contributed by atoms with van der Waals surface area (Å²) in [6.45, 7) is 4.43. The summed E-state index contributed by atoms with van der Waals surface area (Å²) < 4.78 is 11.0. The fraction of sp³-hybridized carbons (Fsp3) is 0.368. The molecule has 4 nitrogen and oxygen atoms in total. The second kappa shape index (κ2) is 7.01. The molecule has 0 spiro atoms. The number of rotatable bonds is 3. The van der Waals surface area contributed by atoms with E-state index >= 15 is 0 Å². The molecule has 24 heavy (non-hydrogen) atoms. The van der Waals surface area contributed by atoms with Gasteiger partial charge in [-0.2, -0.15) is 0 Å². The quantitative estimate of drug-likeness (QED) is 0.924. The largest absolute Gasteiger partial charge is 0.454 e. The van der Waals surface area contributed by atoms with Gasteiger partial charge in [0.2, 0.25) is 6.79 Å². The molecule has 2 aromatic rings. The van der Waals surface area contributed by atoms with Gasteiger partial charge in [0.15, 0.2) is 11.5 Å². The third kappa shape index (κ3) is 3.22. The van der Waals surface area contributed by atoms with Gasteiger partial charge < -0.3 is 14.8 Å². The van der Waals surface area contributed by atoms with Crippen LogP contribution in [0.1, 0.15) is 23.6 Å². The van der Waals surface area contributed by atoms with E-state index in [-0.39, 0.29) is 6.04 Å². The molecule has 2 aliphatic rings. The number of fused-ring (bicyclic) bond motifs is 1. The van der Waals surface area contributed by atoms with Crippen LogP contribution in [0.15, 0.2) is 42.5 Å². The Labute approximate surface area is 147 Å². The van der Waals surface area contributed by atoms with Crippen LogP contribution in [0.4, 0.5) is 0 Å². The average molecular weight is 345 g/mol. The van der Waals surface area contributed by atoms with E-state index < -0.39 is 0 Å². The molecule has 0 amide bonds. The minimum absolute atomic E-state index is 0.165. The monoisotopic (exact) mass is 344 g/mol. The molecule has 1 fully saturated rings. The van der Waals surface area contributed by atoms with Gasteiger partial charge >= 0.3 is 0 Å². The molecule has 2 aromatic carbocycles. The molecular formula is C19H21ClN2O2. The standard InChI is InChI=1S/C19H21ClN2O2/c20-16-4-1-3-14(11-16)19(22-9-2-7-21-8-10-22)15-5-6-17-18(12-15)24-13-23-17/h1,3-6,11-12,19,21H,2,7-10,13H2. The summed E-state index contributed by atoms with van der Waals surface area (Å²) in [5.74, 6) is 1.65. The van der Waals surface area contributed by atoms with E-state index in [0.29, 0.717) is 6.79 Å². The van der Waals surface area contributed by atoms with Crippen molar-refractivity contribution < 1.29 is 9.47 Å². The number of hydrogen-bond acceptors (Lipinski definition) is 4. The van der Waals surface area contributed by atoms with E-state index in [1.807, 2.05) is 18.2 Å². The third-order valence-electron chi connectivity index (χ3n) is 4.62. The molecule has 2 aliphatic heterocycles. The van der Waals surface area contributed by atoms with Crippen molar-refractivity contribution in [1.29, 1.82) is 0 Å². The summed E-state index contributed by atoms with van der Waals surface area (Å²) in [7, 11) is 0. The molecule has 1 N–H and O–H groups in total. The van der Waals surface area contributed by atoms with E-state index in [1.165, 1.54) is 11.1 Å². The van der Waals surface area contributed by atoms with Gasteiger partial charge in [0.25, 0.3) is 0 Å². The Hall–Kier alpha value is -1.75. The third-order valence-corrected chi connectivity index (χ3v) is 4.85. The number of ether oxygens (including phenoxy) is 2. The first-order chi connectivity index (χ1) is 11.8. The van der Waals surface area contributed by atoms with E-state index in [2.05, 4.69) is 34.5 Å². The van der Waals surface area contributed by atoms with Crippen molar-refractivity contribution in [3.63, 3.8) is 0 Å². The van der Waals surface area contributed by atoms with Crippen molar-refractivity contribution >= 4 is 11.6 Å². The Balaban J connectivity index is 1.74. The number of halogens is 1. The van der Waals surface area contributed by atoms with Gasteiger partial charge in [0, 0.05) is 24.7 Å². The van der Waals surface area contributed by atoms with Crippen molar-refractivity contribution in [3.05, 3.63) is 58.6 Å². The first-order valence-electron chi connectivity index (χ1n) is 8.41. The van der Waals surface area contributed by atoms with Crippen LogP contribution in [0, 0.1) is 0 Å². The lowest BCUT2D eigenvalue weighted by Gasteiger charge is -2.31. The Morgan fingerprint density at radius 2 is 1.83 bits per heavy atom. The maximum atomic E-state index is 6.27. The second-order valence-corrected chi connectivity index (χ2v) is 6.65. The minimum Gasteiger partial charge on any atom is -0.454 e. The summed E-state index contributed by atoms with van der Waals surface area (Å²) in [6, 6.07) is 14.6. The van der Waals surface area contributed by atoms with Crippen LogP contribution in [0.2, 0.25) is 5.02 Å². The molecule has 126 valence electrons. The molecule has 5 heteroatoms. The molecule has 0 saturated carbocycles. The lowest BCUT2D eigenvalue weighted by atomic mass is 9.96. The zero-order chi connectivity index (χ0) is 16.4. The Morgan fingerprint density at radius 1 is 0.958 bits per heavy atom. The topological polar surface area (TPSA) is 33.7 Å². The van der Waals surface area contributed by atoms with Crippen LogP contribution in [0.3, 0.4) is 0 Å². The Kier molecular flexibility index (Phi) is 4.60. The molecular weight excluding hydrogens is 324 g/mol. The smallest absolute Gasteiger partial charge is 0.231 e. The SMILES string of the molecule is Clc1cccc(C(c2ccc3c(c2)OCO3)N2CCCNCC2)c1. The first-order valence-corrected chi connectivity index (χ1v) is 8.79. The zero-order valence-electron chi connectivity index (χ0n) is 13.5. The number of nitrogens with one attached hydrogen (secondary N) is 1. The van der Waals surface area contributed by atoms with Crippen molar-refractivity contribution in [2.45, 2.75) is 12.5 Å². The average Bonchev–Trinajstić information content (AvgIpc) is 2.90. The maximum absolute atomic E-state index is 6.27. The van der Waals surface area contributed by atoms with Gasteiger partial charge in [-0.1, -0.05) is 29.8 Å². The maximum Gasteiger partial charge on any atom is 0.231 e. The lowest BCUT2D eigenvalue weighted by Crippen LogP contribution is -2.33. The van der Waals surface area contributed by atoms with Crippen LogP contribution in [0.25, 0.3) is 0 Å². The molecule has 0 aromatic heterocycles. The van der Waals surface area contributed by atoms with Gasteiger partial charge in [-0.15, -0.1) is 0 Å². The Morgan fingerprint density at radius 3 is 2.75 bits per heavy atom. The summed E-state index contributed by atoms with van der Waals surface area (Å²) in [4.78, 5) is 2.52. The van der Waals surface area contributed by atoms with Gasteiger partial charge in [-0.05, 0) is 48.4 Å². The van der Waals surface area contributed by atoms with Gasteiger partial charge in [-0.3, -0.25) is 4.90 Å². The predicted molar refractivity (Wildman–Crippen MR) is 94.9 cm³/mol. The highest BCUT2D eigenvalue weighted by atomic mass is 35.5. The van der Waals surface area contributed by atoms with E-state index in [0.717, 1.165) is 49.1 Å². The summed E-state index contributed by atoms with van der Waals surface area (Å²) >= 11 is 6.27.